The second-order valence-electron chi connectivity index (χ2n) is 10.3. The minimum absolute atomic E-state index is 0.363. The van der Waals surface area contributed by atoms with E-state index in [1.54, 1.807) is 0 Å². The summed E-state index contributed by atoms with van der Waals surface area (Å²) in [5, 5.41) is 4.83. The van der Waals surface area contributed by atoms with Gasteiger partial charge in [-0.05, 0) is 62.6 Å². The Morgan fingerprint density at radius 3 is 2.38 bits per heavy atom. The maximum atomic E-state index is 11.9. The number of piperidine rings is 1. The van der Waals surface area contributed by atoms with E-state index in [4.69, 9.17) is 5.10 Å². The molecule has 0 radical (unpaired) electrons. The first-order valence-electron chi connectivity index (χ1n) is 12.8. The molecule has 1 aliphatic carbocycles. The molecule has 1 saturated carbocycles. The summed E-state index contributed by atoms with van der Waals surface area (Å²) < 4.78 is 1.96. The molecule has 5 heteroatoms. The molecule has 5 nitrogen and oxygen atoms in total. The summed E-state index contributed by atoms with van der Waals surface area (Å²) in [6, 6.07) is 9.26. The van der Waals surface area contributed by atoms with Crippen molar-refractivity contribution in [3.63, 3.8) is 0 Å². The van der Waals surface area contributed by atoms with Crippen LogP contribution in [0.4, 0.5) is 0 Å². The quantitative estimate of drug-likeness (QED) is 0.645. The minimum Gasteiger partial charge on any atom is -0.342 e. The monoisotopic (exact) mass is 434 g/mol. The zero-order valence-electron chi connectivity index (χ0n) is 19.6. The third-order valence-electron chi connectivity index (χ3n) is 7.92. The first-order chi connectivity index (χ1) is 15.7. The van der Waals surface area contributed by atoms with Gasteiger partial charge in [0.25, 0.3) is 0 Å². The Bertz CT molecular complexity index is 904. The van der Waals surface area contributed by atoms with Gasteiger partial charge in [0.1, 0.15) is 0 Å². The maximum absolute atomic E-state index is 11.9. The molecular formula is C27H38N4O. The molecule has 172 valence electrons. The van der Waals surface area contributed by atoms with Crippen LogP contribution in [0.2, 0.25) is 0 Å². The van der Waals surface area contributed by atoms with Crippen LogP contribution in [0.5, 0.6) is 0 Å². The number of amides is 1. The van der Waals surface area contributed by atoms with Crippen molar-refractivity contribution >= 4 is 5.91 Å². The zero-order valence-corrected chi connectivity index (χ0v) is 19.6. The molecule has 2 aromatic rings. The number of aryl methyl sites for hydroxylation is 1. The van der Waals surface area contributed by atoms with E-state index >= 15 is 0 Å². The smallest absolute Gasteiger partial charge is 0.222 e. The van der Waals surface area contributed by atoms with Crippen LogP contribution in [0.15, 0.2) is 30.5 Å². The van der Waals surface area contributed by atoms with Gasteiger partial charge in [-0.25, -0.2) is 0 Å². The average molecular weight is 435 g/mol. The molecule has 0 N–H and O–H groups in total. The Morgan fingerprint density at radius 1 is 0.938 bits per heavy atom. The summed E-state index contributed by atoms with van der Waals surface area (Å²) in [5.74, 6) is 1.77. The van der Waals surface area contributed by atoms with Crippen molar-refractivity contribution in [3.05, 3.63) is 41.6 Å². The van der Waals surface area contributed by atoms with Gasteiger partial charge in [0, 0.05) is 50.4 Å². The molecule has 0 atom stereocenters. The van der Waals surface area contributed by atoms with E-state index in [1.165, 1.54) is 61.6 Å². The summed E-state index contributed by atoms with van der Waals surface area (Å²) in [4.78, 5) is 16.6. The second kappa shape index (κ2) is 9.78. The molecule has 5 rings (SSSR count). The Balaban J connectivity index is 1.20. The molecule has 1 amide bonds. The van der Waals surface area contributed by atoms with E-state index in [9.17, 15) is 4.79 Å². The van der Waals surface area contributed by atoms with Gasteiger partial charge in [0.05, 0.1) is 5.69 Å². The second-order valence-corrected chi connectivity index (χ2v) is 10.3. The first kappa shape index (κ1) is 21.7. The third kappa shape index (κ3) is 4.93. The van der Waals surface area contributed by atoms with Crippen molar-refractivity contribution in [3.8, 4) is 11.3 Å². The Kier molecular flexibility index (Phi) is 6.63. The van der Waals surface area contributed by atoms with Crippen molar-refractivity contribution in [2.24, 2.45) is 13.0 Å². The van der Waals surface area contributed by atoms with Gasteiger partial charge < -0.3 is 4.90 Å². The van der Waals surface area contributed by atoms with E-state index in [1.807, 2.05) is 11.7 Å². The number of carbonyl (C=O) groups is 1. The molecule has 32 heavy (non-hydrogen) atoms. The van der Waals surface area contributed by atoms with E-state index in [-0.39, 0.29) is 0 Å². The number of carbonyl (C=O) groups excluding carboxylic acids is 1. The summed E-state index contributed by atoms with van der Waals surface area (Å²) in [6.45, 7) is 5.13. The van der Waals surface area contributed by atoms with Gasteiger partial charge in [-0.1, -0.05) is 43.5 Å². The molecule has 2 saturated heterocycles. The van der Waals surface area contributed by atoms with Gasteiger partial charge in [0.15, 0.2) is 0 Å². The van der Waals surface area contributed by atoms with E-state index < -0.39 is 0 Å². The normalized spacial score (nSPS) is 21.5. The van der Waals surface area contributed by atoms with Crippen LogP contribution in [-0.2, 0) is 18.4 Å². The summed E-state index contributed by atoms with van der Waals surface area (Å²) >= 11 is 0. The first-order valence-corrected chi connectivity index (χ1v) is 12.8. The molecule has 2 aliphatic heterocycles. The third-order valence-corrected chi connectivity index (χ3v) is 7.92. The van der Waals surface area contributed by atoms with Crippen LogP contribution in [0.3, 0.4) is 0 Å². The zero-order chi connectivity index (χ0) is 21.9. The van der Waals surface area contributed by atoms with Gasteiger partial charge in [-0.15, -0.1) is 0 Å². The Hall–Kier alpha value is -2.14. The Morgan fingerprint density at radius 2 is 1.69 bits per heavy atom. The van der Waals surface area contributed by atoms with E-state index in [2.05, 4.69) is 40.3 Å². The van der Waals surface area contributed by atoms with Gasteiger partial charge in [-0.2, -0.15) is 5.10 Å². The van der Waals surface area contributed by atoms with Crippen molar-refractivity contribution in [1.82, 2.24) is 19.6 Å². The number of hydrogen-bond donors (Lipinski definition) is 0. The number of rotatable bonds is 6. The molecule has 3 heterocycles. The number of aromatic nitrogens is 2. The number of nitrogens with zero attached hydrogens (tertiary/aromatic N) is 4. The largest absolute Gasteiger partial charge is 0.342 e. The van der Waals surface area contributed by atoms with Gasteiger partial charge in [-0.3, -0.25) is 14.4 Å². The van der Waals surface area contributed by atoms with Crippen molar-refractivity contribution < 1.29 is 4.79 Å². The predicted octanol–water partition coefficient (Wildman–Crippen LogP) is 4.97. The van der Waals surface area contributed by atoms with E-state index in [0.717, 1.165) is 57.2 Å². The van der Waals surface area contributed by atoms with E-state index in [0.29, 0.717) is 11.8 Å². The molecule has 1 aromatic carbocycles. The number of hydrogen-bond acceptors (Lipinski definition) is 3. The molecule has 0 unspecified atom stereocenters. The highest BCUT2D eigenvalue weighted by Gasteiger charge is 2.27. The van der Waals surface area contributed by atoms with Crippen molar-refractivity contribution in [2.45, 2.75) is 70.3 Å². The lowest BCUT2D eigenvalue weighted by Crippen LogP contribution is -2.38. The molecular weight excluding hydrogens is 396 g/mol. The molecule has 1 aromatic heterocycles. The standard InChI is InChI=1S/C27H38N4O/c1-29-19-25(20-30-16-13-21(14-17-30)18-31-15-5-8-26(31)32)27(28-29)24-11-9-23(10-12-24)22-6-3-2-4-7-22/h9-12,19,21-22H,2-8,13-18,20H2,1H3. The fourth-order valence-electron chi connectivity index (χ4n) is 6.02. The van der Waals surface area contributed by atoms with Crippen molar-refractivity contribution in [2.75, 3.05) is 26.2 Å². The highest BCUT2D eigenvalue weighted by molar-refractivity contribution is 5.78. The van der Waals surface area contributed by atoms with Crippen LogP contribution in [0, 0.1) is 5.92 Å². The van der Waals surface area contributed by atoms with Crippen LogP contribution in [0.25, 0.3) is 11.3 Å². The summed E-state index contributed by atoms with van der Waals surface area (Å²) in [6.07, 6.45) is 13.2. The van der Waals surface area contributed by atoms with Crippen molar-refractivity contribution in [1.29, 1.82) is 0 Å². The van der Waals surface area contributed by atoms with Crippen LogP contribution < -0.4 is 0 Å². The topological polar surface area (TPSA) is 41.4 Å². The lowest BCUT2D eigenvalue weighted by molar-refractivity contribution is -0.128. The average Bonchev–Trinajstić information content (AvgIpc) is 3.40. The van der Waals surface area contributed by atoms with Crippen LogP contribution in [-0.4, -0.2) is 51.7 Å². The number of benzene rings is 1. The van der Waals surface area contributed by atoms with Crippen LogP contribution >= 0.6 is 0 Å². The number of likely N-dealkylation sites (tertiary alicyclic amines) is 2. The molecule has 0 bridgehead atoms. The molecule has 0 spiro atoms. The van der Waals surface area contributed by atoms with Gasteiger partial charge >= 0.3 is 0 Å². The fourth-order valence-corrected chi connectivity index (χ4v) is 6.02. The SMILES string of the molecule is Cn1cc(CN2CCC(CN3CCCC3=O)CC2)c(-c2ccc(C3CCCCC3)cc2)n1. The fraction of sp³-hybridized carbons (Fsp3) is 0.630. The minimum atomic E-state index is 0.363. The highest BCUT2D eigenvalue weighted by Crippen LogP contribution is 2.34. The highest BCUT2D eigenvalue weighted by atomic mass is 16.2. The van der Waals surface area contributed by atoms with Crippen LogP contribution in [0.1, 0.15) is 74.8 Å². The Labute approximate surface area is 192 Å². The summed E-state index contributed by atoms with van der Waals surface area (Å²) in [7, 11) is 2.03. The summed E-state index contributed by atoms with van der Waals surface area (Å²) in [5.41, 5.74) is 5.20. The molecule has 3 aliphatic rings. The maximum Gasteiger partial charge on any atom is 0.222 e. The molecule has 3 fully saturated rings. The predicted molar refractivity (Wildman–Crippen MR) is 128 cm³/mol. The lowest BCUT2D eigenvalue weighted by atomic mass is 9.84. The van der Waals surface area contributed by atoms with Gasteiger partial charge in [0.2, 0.25) is 5.91 Å². The lowest BCUT2D eigenvalue weighted by Gasteiger charge is -2.33.